The van der Waals surface area contributed by atoms with Crippen molar-refractivity contribution >= 4 is 11.1 Å². The first kappa shape index (κ1) is 10.8. The molecule has 1 N–H and O–H groups in total. The molecule has 0 spiro atoms. The second-order valence-corrected chi connectivity index (χ2v) is 4.93. The highest BCUT2D eigenvalue weighted by Crippen LogP contribution is 2.23. The van der Waals surface area contributed by atoms with Crippen molar-refractivity contribution in [2.24, 2.45) is 5.92 Å². The van der Waals surface area contributed by atoms with Crippen molar-refractivity contribution in [1.82, 2.24) is 10.3 Å². The Morgan fingerprint density at radius 1 is 1.35 bits per heavy atom. The summed E-state index contributed by atoms with van der Waals surface area (Å²) in [6, 6.07) is 6.13. The smallest absolute Gasteiger partial charge is 0.195 e. The molecule has 3 rings (SSSR count). The maximum atomic E-state index is 5.87. The molecule has 0 aliphatic carbocycles. The van der Waals surface area contributed by atoms with Gasteiger partial charge in [-0.2, -0.15) is 0 Å². The molecule has 0 unspecified atom stereocenters. The lowest BCUT2D eigenvalue weighted by Crippen LogP contribution is -2.28. The first-order valence-electron chi connectivity index (χ1n) is 6.38. The Labute approximate surface area is 101 Å². The van der Waals surface area contributed by atoms with Crippen LogP contribution in [0.3, 0.4) is 0 Å². The molecule has 1 fully saturated rings. The molecule has 1 aromatic carbocycles. The summed E-state index contributed by atoms with van der Waals surface area (Å²) in [6.45, 7) is 4.33. The fourth-order valence-electron chi connectivity index (χ4n) is 2.55. The van der Waals surface area contributed by atoms with Crippen LogP contribution < -0.4 is 5.32 Å². The van der Waals surface area contributed by atoms with Crippen LogP contribution in [0, 0.1) is 12.8 Å². The fourth-order valence-corrected chi connectivity index (χ4v) is 2.55. The third-order valence-electron chi connectivity index (χ3n) is 3.58. The highest BCUT2D eigenvalue weighted by molar-refractivity contribution is 5.75. The number of aryl methyl sites for hydroxylation is 1. The van der Waals surface area contributed by atoms with Crippen LogP contribution in [-0.4, -0.2) is 18.1 Å². The molecule has 2 heterocycles. The van der Waals surface area contributed by atoms with E-state index in [4.69, 9.17) is 4.42 Å². The van der Waals surface area contributed by atoms with Crippen molar-refractivity contribution in [3.8, 4) is 0 Å². The maximum Gasteiger partial charge on any atom is 0.195 e. The molecule has 3 heteroatoms. The van der Waals surface area contributed by atoms with E-state index in [1.54, 1.807) is 0 Å². The van der Waals surface area contributed by atoms with E-state index in [0.29, 0.717) is 0 Å². The molecule has 0 radical (unpaired) electrons. The van der Waals surface area contributed by atoms with E-state index in [-0.39, 0.29) is 0 Å². The summed E-state index contributed by atoms with van der Waals surface area (Å²) in [4.78, 5) is 4.58. The number of benzene rings is 1. The van der Waals surface area contributed by atoms with Gasteiger partial charge in [-0.3, -0.25) is 0 Å². The number of hydrogen-bond donors (Lipinski definition) is 1. The lowest BCUT2D eigenvalue weighted by Gasteiger charge is -2.20. The van der Waals surface area contributed by atoms with Crippen LogP contribution in [0.1, 0.15) is 24.3 Å². The number of oxazole rings is 1. The van der Waals surface area contributed by atoms with Crippen molar-refractivity contribution in [3.63, 3.8) is 0 Å². The van der Waals surface area contributed by atoms with Gasteiger partial charge < -0.3 is 9.73 Å². The topological polar surface area (TPSA) is 38.1 Å². The zero-order valence-corrected chi connectivity index (χ0v) is 10.2. The van der Waals surface area contributed by atoms with Crippen molar-refractivity contribution in [1.29, 1.82) is 0 Å². The summed E-state index contributed by atoms with van der Waals surface area (Å²) in [7, 11) is 0. The van der Waals surface area contributed by atoms with Crippen LogP contribution in [0.2, 0.25) is 0 Å². The van der Waals surface area contributed by atoms with Gasteiger partial charge in [0.2, 0.25) is 0 Å². The number of para-hydroxylation sites is 1. The molecule has 90 valence electrons. The Bertz CT molecular complexity index is 512. The summed E-state index contributed by atoms with van der Waals surface area (Å²) in [6.07, 6.45) is 3.45. The average Bonchev–Trinajstić information content (AvgIpc) is 2.74. The van der Waals surface area contributed by atoms with Crippen molar-refractivity contribution in [2.75, 3.05) is 13.1 Å². The van der Waals surface area contributed by atoms with Gasteiger partial charge in [-0.15, -0.1) is 0 Å². The van der Waals surface area contributed by atoms with Crippen LogP contribution in [0.15, 0.2) is 22.6 Å². The number of nitrogens with one attached hydrogen (secondary N) is 1. The summed E-state index contributed by atoms with van der Waals surface area (Å²) < 4.78 is 5.87. The molecule has 0 atom stereocenters. The van der Waals surface area contributed by atoms with Gasteiger partial charge in [-0.05, 0) is 50.4 Å². The zero-order valence-electron chi connectivity index (χ0n) is 10.2. The number of aromatic nitrogens is 1. The van der Waals surface area contributed by atoms with Gasteiger partial charge >= 0.3 is 0 Å². The largest absolute Gasteiger partial charge is 0.440 e. The third kappa shape index (κ3) is 2.20. The third-order valence-corrected chi connectivity index (χ3v) is 3.58. The Kier molecular flexibility index (Phi) is 2.85. The summed E-state index contributed by atoms with van der Waals surface area (Å²) in [5.74, 6) is 1.63. The molecule has 3 nitrogen and oxygen atoms in total. The zero-order chi connectivity index (χ0) is 11.7. The normalized spacial score (nSPS) is 17.7. The minimum Gasteiger partial charge on any atom is -0.440 e. The van der Waals surface area contributed by atoms with Gasteiger partial charge in [-0.25, -0.2) is 4.98 Å². The minimum atomic E-state index is 0.726. The van der Waals surface area contributed by atoms with E-state index in [2.05, 4.69) is 23.3 Å². The minimum absolute atomic E-state index is 0.726. The second kappa shape index (κ2) is 4.49. The summed E-state index contributed by atoms with van der Waals surface area (Å²) >= 11 is 0. The second-order valence-electron chi connectivity index (χ2n) is 4.93. The molecule has 0 saturated carbocycles. The van der Waals surface area contributed by atoms with E-state index in [1.807, 2.05) is 12.1 Å². The number of fused-ring (bicyclic) bond motifs is 1. The molecule has 0 bridgehead atoms. The number of nitrogens with zero attached hydrogens (tertiary/aromatic N) is 1. The van der Waals surface area contributed by atoms with Gasteiger partial charge in [0.05, 0.1) is 0 Å². The molecule has 0 amide bonds. The number of rotatable bonds is 2. The average molecular weight is 230 g/mol. The molecule has 1 aliphatic heterocycles. The van der Waals surface area contributed by atoms with Gasteiger partial charge in [-0.1, -0.05) is 12.1 Å². The molecule has 2 aromatic rings. The molecular formula is C14H18N2O. The SMILES string of the molecule is Cc1cccc2nc(CC3CCNCC3)oc12. The molecular weight excluding hydrogens is 212 g/mol. The first-order chi connectivity index (χ1) is 8.33. The fraction of sp³-hybridized carbons (Fsp3) is 0.500. The monoisotopic (exact) mass is 230 g/mol. The molecule has 1 aromatic heterocycles. The predicted octanol–water partition coefficient (Wildman–Crippen LogP) is 2.68. The van der Waals surface area contributed by atoms with Crippen LogP contribution >= 0.6 is 0 Å². The lowest BCUT2D eigenvalue weighted by molar-refractivity contribution is 0.346. The van der Waals surface area contributed by atoms with Crippen LogP contribution in [0.4, 0.5) is 0 Å². The highest BCUT2D eigenvalue weighted by atomic mass is 16.3. The molecule has 17 heavy (non-hydrogen) atoms. The van der Waals surface area contributed by atoms with Gasteiger partial charge in [0, 0.05) is 6.42 Å². The number of piperidine rings is 1. The Balaban J connectivity index is 1.83. The van der Waals surface area contributed by atoms with E-state index < -0.39 is 0 Å². The van der Waals surface area contributed by atoms with Crippen molar-refractivity contribution < 1.29 is 4.42 Å². The maximum absolute atomic E-state index is 5.87. The first-order valence-corrected chi connectivity index (χ1v) is 6.38. The van der Waals surface area contributed by atoms with E-state index in [9.17, 15) is 0 Å². The Morgan fingerprint density at radius 2 is 2.18 bits per heavy atom. The number of hydrogen-bond acceptors (Lipinski definition) is 3. The van der Waals surface area contributed by atoms with E-state index in [1.165, 1.54) is 18.4 Å². The quantitative estimate of drug-likeness (QED) is 0.862. The lowest BCUT2D eigenvalue weighted by atomic mass is 9.95. The molecule has 1 aliphatic rings. The van der Waals surface area contributed by atoms with Crippen LogP contribution in [-0.2, 0) is 6.42 Å². The van der Waals surface area contributed by atoms with Crippen LogP contribution in [0.5, 0.6) is 0 Å². The summed E-state index contributed by atoms with van der Waals surface area (Å²) in [5, 5.41) is 3.39. The van der Waals surface area contributed by atoms with Crippen molar-refractivity contribution in [3.05, 3.63) is 29.7 Å². The van der Waals surface area contributed by atoms with E-state index >= 15 is 0 Å². The van der Waals surface area contributed by atoms with Gasteiger partial charge in [0.25, 0.3) is 0 Å². The van der Waals surface area contributed by atoms with Crippen LogP contribution in [0.25, 0.3) is 11.1 Å². The standard InChI is InChI=1S/C14H18N2O/c1-10-3-2-4-12-14(10)17-13(16-12)9-11-5-7-15-8-6-11/h2-4,11,15H,5-9H2,1H3. The summed E-state index contributed by atoms with van der Waals surface area (Å²) in [5.41, 5.74) is 3.12. The van der Waals surface area contributed by atoms with E-state index in [0.717, 1.165) is 42.4 Å². The predicted molar refractivity (Wildman–Crippen MR) is 68.0 cm³/mol. The highest BCUT2D eigenvalue weighted by Gasteiger charge is 2.17. The Hall–Kier alpha value is -1.35. The van der Waals surface area contributed by atoms with Gasteiger partial charge in [0.15, 0.2) is 11.5 Å². The Morgan fingerprint density at radius 3 is 2.94 bits per heavy atom. The van der Waals surface area contributed by atoms with Crippen molar-refractivity contribution in [2.45, 2.75) is 26.2 Å². The molecule has 1 saturated heterocycles. The van der Waals surface area contributed by atoms with Gasteiger partial charge in [0.1, 0.15) is 5.52 Å².